The van der Waals surface area contributed by atoms with Gasteiger partial charge in [-0.25, -0.2) is 9.18 Å². The van der Waals surface area contributed by atoms with Gasteiger partial charge in [-0.15, -0.1) is 0 Å². The summed E-state index contributed by atoms with van der Waals surface area (Å²) in [6, 6.07) is 6.40. The summed E-state index contributed by atoms with van der Waals surface area (Å²) in [6.45, 7) is 0.579. The number of nitrogens with zero attached hydrogens (tertiary/aromatic N) is 2. The Balaban J connectivity index is 2.21. The number of aromatic nitrogens is 1. The van der Waals surface area contributed by atoms with Crippen molar-refractivity contribution in [2.45, 2.75) is 6.42 Å². The highest BCUT2D eigenvalue weighted by Gasteiger charge is 2.19. The summed E-state index contributed by atoms with van der Waals surface area (Å²) >= 11 is 0. The largest absolute Gasteiger partial charge is 0.478 e. The van der Waals surface area contributed by atoms with Crippen LogP contribution in [0.15, 0.2) is 36.7 Å². The standard InChI is InChI=1S/C15H16FN3O2/c1-19(9-6-10-4-7-18-8-5-10)12-3-2-11(16)14(17)13(12)15(20)21/h2-5,7-8H,6,9,17H2,1H3,(H,20,21). The minimum absolute atomic E-state index is 0.202. The van der Waals surface area contributed by atoms with E-state index in [0.29, 0.717) is 12.2 Å². The number of hydrogen-bond acceptors (Lipinski definition) is 4. The number of carboxylic acids is 1. The van der Waals surface area contributed by atoms with Crippen LogP contribution in [0.2, 0.25) is 0 Å². The molecule has 1 heterocycles. The monoisotopic (exact) mass is 289 g/mol. The number of carboxylic acid groups (broad SMARTS) is 1. The molecule has 5 nitrogen and oxygen atoms in total. The highest BCUT2D eigenvalue weighted by atomic mass is 19.1. The van der Waals surface area contributed by atoms with E-state index in [1.54, 1.807) is 24.3 Å². The first-order valence-electron chi connectivity index (χ1n) is 6.42. The number of nitrogen functional groups attached to an aromatic ring is 1. The van der Waals surface area contributed by atoms with E-state index >= 15 is 0 Å². The van der Waals surface area contributed by atoms with E-state index in [1.165, 1.54) is 12.1 Å². The minimum atomic E-state index is -1.24. The first-order chi connectivity index (χ1) is 10.0. The van der Waals surface area contributed by atoms with Crippen LogP contribution in [0, 0.1) is 5.82 Å². The van der Waals surface area contributed by atoms with Gasteiger partial charge in [0.1, 0.15) is 11.4 Å². The van der Waals surface area contributed by atoms with Crippen molar-refractivity contribution < 1.29 is 14.3 Å². The number of anilines is 2. The van der Waals surface area contributed by atoms with Crippen molar-refractivity contribution in [1.29, 1.82) is 0 Å². The molecule has 0 fully saturated rings. The van der Waals surface area contributed by atoms with Crippen LogP contribution in [-0.4, -0.2) is 29.7 Å². The Labute approximate surface area is 121 Å². The second kappa shape index (κ2) is 6.21. The molecule has 1 aromatic heterocycles. The van der Waals surface area contributed by atoms with Crippen molar-refractivity contribution in [3.8, 4) is 0 Å². The SMILES string of the molecule is CN(CCc1ccncc1)c1ccc(F)c(N)c1C(=O)O. The molecule has 6 heteroatoms. The topological polar surface area (TPSA) is 79.5 Å². The third-order valence-corrected chi connectivity index (χ3v) is 3.28. The fourth-order valence-corrected chi connectivity index (χ4v) is 2.09. The molecule has 0 atom stereocenters. The number of aromatic carboxylic acids is 1. The predicted octanol–water partition coefficient (Wildman–Crippen LogP) is 2.18. The molecule has 0 bridgehead atoms. The molecule has 0 unspecified atom stereocenters. The van der Waals surface area contributed by atoms with E-state index in [2.05, 4.69) is 4.98 Å². The molecule has 21 heavy (non-hydrogen) atoms. The number of nitrogens with two attached hydrogens (primary N) is 1. The van der Waals surface area contributed by atoms with Crippen LogP contribution in [0.4, 0.5) is 15.8 Å². The Morgan fingerprint density at radius 2 is 2.00 bits per heavy atom. The Kier molecular flexibility index (Phi) is 4.37. The van der Waals surface area contributed by atoms with Gasteiger partial charge in [0, 0.05) is 26.0 Å². The van der Waals surface area contributed by atoms with Gasteiger partial charge < -0.3 is 15.7 Å². The van der Waals surface area contributed by atoms with Crippen molar-refractivity contribution in [3.05, 3.63) is 53.6 Å². The number of hydrogen-bond donors (Lipinski definition) is 2. The van der Waals surface area contributed by atoms with E-state index in [0.717, 1.165) is 12.0 Å². The quantitative estimate of drug-likeness (QED) is 0.825. The summed E-state index contributed by atoms with van der Waals surface area (Å²) in [5.74, 6) is -1.96. The Hall–Kier alpha value is -2.63. The van der Waals surface area contributed by atoms with Crippen LogP contribution >= 0.6 is 0 Å². The van der Waals surface area contributed by atoms with Crippen molar-refractivity contribution in [3.63, 3.8) is 0 Å². The van der Waals surface area contributed by atoms with Crippen molar-refractivity contribution in [2.75, 3.05) is 24.2 Å². The second-order valence-corrected chi connectivity index (χ2v) is 4.69. The molecular formula is C15H16FN3O2. The van der Waals surface area contributed by atoms with Gasteiger partial charge >= 0.3 is 5.97 Å². The zero-order chi connectivity index (χ0) is 15.4. The molecule has 1 aromatic carbocycles. The Morgan fingerprint density at radius 1 is 1.33 bits per heavy atom. The lowest BCUT2D eigenvalue weighted by Crippen LogP contribution is -2.23. The molecule has 0 spiro atoms. The number of pyridine rings is 1. The van der Waals surface area contributed by atoms with Crippen LogP contribution in [0.1, 0.15) is 15.9 Å². The number of benzene rings is 1. The van der Waals surface area contributed by atoms with E-state index < -0.39 is 11.8 Å². The lowest BCUT2D eigenvalue weighted by molar-refractivity contribution is 0.0698. The van der Waals surface area contributed by atoms with Crippen molar-refractivity contribution >= 4 is 17.3 Å². The molecule has 0 amide bonds. The molecule has 0 saturated heterocycles. The van der Waals surface area contributed by atoms with Gasteiger partial charge in [-0.1, -0.05) is 0 Å². The predicted molar refractivity (Wildman–Crippen MR) is 79.0 cm³/mol. The molecule has 0 radical (unpaired) electrons. The summed E-state index contributed by atoms with van der Waals surface area (Å²) < 4.78 is 13.4. The zero-order valence-electron chi connectivity index (χ0n) is 11.6. The summed E-state index contributed by atoms with van der Waals surface area (Å²) in [4.78, 5) is 17.0. The molecule has 0 aliphatic rings. The average Bonchev–Trinajstić information content (AvgIpc) is 2.48. The maximum atomic E-state index is 13.4. The van der Waals surface area contributed by atoms with E-state index in [9.17, 15) is 14.3 Å². The van der Waals surface area contributed by atoms with Crippen LogP contribution in [-0.2, 0) is 6.42 Å². The normalized spacial score (nSPS) is 10.4. The third kappa shape index (κ3) is 3.28. The van der Waals surface area contributed by atoms with Crippen molar-refractivity contribution in [1.82, 2.24) is 4.98 Å². The summed E-state index contributed by atoms with van der Waals surface area (Å²) in [5.41, 5.74) is 6.49. The lowest BCUT2D eigenvalue weighted by atomic mass is 10.1. The summed E-state index contributed by atoms with van der Waals surface area (Å²) in [6.07, 6.45) is 4.12. The first-order valence-corrected chi connectivity index (χ1v) is 6.42. The highest BCUT2D eigenvalue weighted by Crippen LogP contribution is 2.27. The smallest absolute Gasteiger partial charge is 0.340 e. The number of halogens is 1. The molecule has 2 rings (SSSR count). The molecule has 0 aliphatic carbocycles. The zero-order valence-corrected chi connectivity index (χ0v) is 11.6. The summed E-state index contributed by atoms with van der Waals surface area (Å²) in [7, 11) is 1.75. The van der Waals surface area contributed by atoms with Gasteiger partial charge in [-0.05, 0) is 36.2 Å². The fraction of sp³-hybridized carbons (Fsp3) is 0.200. The molecule has 3 N–H and O–H groups in total. The fourth-order valence-electron chi connectivity index (χ4n) is 2.09. The van der Waals surface area contributed by atoms with Crippen LogP contribution in [0.5, 0.6) is 0 Å². The number of carbonyl (C=O) groups is 1. The molecule has 2 aromatic rings. The lowest BCUT2D eigenvalue weighted by Gasteiger charge is -2.22. The Morgan fingerprint density at radius 3 is 2.62 bits per heavy atom. The molecular weight excluding hydrogens is 273 g/mol. The van der Waals surface area contributed by atoms with Gasteiger partial charge in [0.05, 0.1) is 11.4 Å². The van der Waals surface area contributed by atoms with Gasteiger partial charge in [0.2, 0.25) is 0 Å². The van der Waals surface area contributed by atoms with E-state index in [4.69, 9.17) is 5.73 Å². The van der Waals surface area contributed by atoms with Gasteiger partial charge in [-0.3, -0.25) is 4.98 Å². The van der Waals surface area contributed by atoms with Crippen LogP contribution < -0.4 is 10.6 Å². The maximum absolute atomic E-state index is 13.4. The third-order valence-electron chi connectivity index (χ3n) is 3.28. The minimum Gasteiger partial charge on any atom is -0.478 e. The molecule has 0 saturated carbocycles. The molecule has 0 aliphatic heterocycles. The van der Waals surface area contributed by atoms with Crippen molar-refractivity contribution in [2.24, 2.45) is 0 Å². The average molecular weight is 289 g/mol. The maximum Gasteiger partial charge on any atom is 0.340 e. The number of likely N-dealkylation sites (N-methyl/N-ethyl adjacent to an activating group) is 1. The van der Waals surface area contributed by atoms with Gasteiger partial charge in [0.25, 0.3) is 0 Å². The van der Waals surface area contributed by atoms with E-state index in [1.807, 2.05) is 12.1 Å². The van der Waals surface area contributed by atoms with Gasteiger partial charge in [0.15, 0.2) is 0 Å². The van der Waals surface area contributed by atoms with Crippen LogP contribution in [0.25, 0.3) is 0 Å². The highest BCUT2D eigenvalue weighted by molar-refractivity contribution is 6.00. The Bertz CT molecular complexity index is 647. The van der Waals surface area contributed by atoms with Crippen LogP contribution in [0.3, 0.4) is 0 Å². The number of rotatable bonds is 5. The summed E-state index contributed by atoms with van der Waals surface area (Å²) in [5, 5.41) is 9.22. The first kappa shape index (κ1) is 14.8. The second-order valence-electron chi connectivity index (χ2n) is 4.69. The van der Waals surface area contributed by atoms with E-state index in [-0.39, 0.29) is 11.3 Å². The van der Waals surface area contributed by atoms with Gasteiger partial charge in [-0.2, -0.15) is 0 Å². The molecule has 110 valence electrons.